The molecule has 70 valence electrons. The van der Waals surface area contributed by atoms with E-state index in [1.54, 1.807) is 6.82 Å². The van der Waals surface area contributed by atoms with Crippen molar-refractivity contribution in [2.75, 3.05) is 0 Å². The topological polar surface area (TPSA) is 20.2 Å². The van der Waals surface area contributed by atoms with Crippen LogP contribution >= 0.6 is 15.9 Å². The quantitative estimate of drug-likeness (QED) is 0.769. The van der Waals surface area contributed by atoms with Crippen LogP contribution in [0, 0.1) is 0 Å². The summed E-state index contributed by atoms with van der Waals surface area (Å²) < 4.78 is 0.964. The van der Waals surface area contributed by atoms with Crippen LogP contribution in [-0.4, -0.2) is 11.9 Å². The first-order valence-electron chi connectivity index (χ1n) is 4.55. The lowest BCUT2D eigenvalue weighted by molar-refractivity contribution is 0.594. The molecule has 2 aromatic rings. The summed E-state index contributed by atoms with van der Waals surface area (Å²) in [6.07, 6.45) is 0. The number of benzene rings is 2. The van der Waals surface area contributed by atoms with Gasteiger partial charge in [0.1, 0.15) is 0 Å². The minimum atomic E-state index is -0.436. The molecule has 2 rings (SSSR count). The van der Waals surface area contributed by atoms with Gasteiger partial charge in [-0.2, -0.15) is 0 Å². The lowest BCUT2D eigenvalue weighted by atomic mass is 9.64. The second kappa shape index (κ2) is 3.75. The molecule has 14 heavy (non-hydrogen) atoms. The maximum Gasteiger partial charge on any atom is 0.321 e. The van der Waals surface area contributed by atoms with E-state index in [1.807, 2.05) is 30.3 Å². The smallest absolute Gasteiger partial charge is 0.321 e. The Balaban J connectivity index is 2.71. The fraction of sp³-hybridized carbons (Fsp3) is 0.0909. The van der Waals surface area contributed by atoms with Gasteiger partial charge in [-0.3, -0.25) is 0 Å². The molecule has 0 unspecified atom stereocenters. The van der Waals surface area contributed by atoms with Crippen LogP contribution in [-0.2, 0) is 0 Å². The summed E-state index contributed by atoms with van der Waals surface area (Å²) in [5.74, 6) is 0. The number of hydrogen-bond donors (Lipinski definition) is 1. The minimum absolute atomic E-state index is 0.436. The third-order valence-electron chi connectivity index (χ3n) is 2.32. The molecular formula is C11H10BBrO. The van der Waals surface area contributed by atoms with Crippen molar-refractivity contribution in [1.82, 2.24) is 0 Å². The summed E-state index contributed by atoms with van der Waals surface area (Å²) in [6.45, 7) is 1.34. The van der Waals surface area contributed by atoms with Crippen molar-refractivity contribution in [3.8, 4) is 0 Å². The second-order valence-corrected chi connectivity index (χ2v) is 4.25. The SMILES string of the molecule is CB(O)c1cc2ccccc2cc1Br. The van der Waals surface area contributed by atoms with E-state index in [0.717, 1.165) is 15.3 Å². The van der Waals surface area contributed by atoms with Crippen molar-refractivity contribution in [1.29, 1.82) is 0 Å². The normalized spacial score (nSPS) is 10.5. The van der Waals surface area contributed by atoms with E-state index in [-0.39, 0.29) is 0 Å². The molecule has 0 aromatic heterocycles. The predicted molar refractivity (Wildman–Crippen MR) is 65.1 cm³/mol. The molecule has 0 saturated carbocycles. The molecule has 2 aromatic carbocycles. The molecule has 0 bridgehead atoms. The zero-order valence-electron chi connectivity index (χ0n) is 7.87. The molecule has 1 nitrogen and oxygen atoms in total. The molecule has 0 amide bonds. The number of rotatable bonds is 1. The highest BCUT2D eigenvalue weighted by Crippen LogP contribution is 2.18. The Kier molecular flexibility index (Phi) is 2.61. The molecule has 0 aliphatic carbocycles. The largest absolute Gasteiger partial charge is 0.446 e. The summed E-state index contributed by atoms with van der Waals surface area (Å²) in [6, 6.07) is 12.2. The van der Waals surface area contributed by atoms with Gasteiger partial charge in [0.05, 0.1) is 0 Å². The zero-order valence-corrected chi connectivity index (χ0v) is 9.45. The van der Waals surface area contributed by atoms with Gasteiger partial charge in [-0.1, -0.05) is 53.1 Å². The zero-order chi connectivity index (χ0) is 10.1. The maximum absolute atomic E-state index is 9.53. The highest BCUT2D eigenvalue weighted by molar-refractivity contribution is 9.10. The summed E-state index contributed by atoms with van der Waals surface area (Å²) in [5, 5.41) is 11.9. The summed E-state index contributed by atoms with van der Waals surface area (Å²) in [7, 11) is 0. The highest BCUT2D eigenvalue weighted by atomic mass is 79.9. The van der Waals surface area contributed by atoms with Crippen LogP contribution < -0.4 is 5.46 Å². The van der Waals surface area contributed by atoms with Gasteiger partial charge in [0.2, 0.25) is 0 Å². The minimum Gasteiger partial charge on any atom is -0.446 e. The molecule has 0 aliphatic heterocycles. The molecule has 0 atom stereocenters. The molecule has 0 aliphatic rings. The molecular weight excluding hydrogens is 239 g/mol. The highest BCUT2D eigenvalue weighted by Gasteiger charge is 2.11. The monoisotopic (exact) mass is 248 g/mol. The van der Waals surface area contributed by atoms with Gasteiger partial charge in [-0.05, 0) is 22.3 Å². The average Bonchev–Trinajstić information content (AvgIpc) is 2.16. The lowest BCUT2D eigenvalue weighted by Gasteiger charge is -2.06. The van der Waals surface area contributed by atoms with Gasteiger partial charge in [0.25, 0.3) is 0 Å². The number of fused-ring (bicyclic) bond motifs is 1. The van der Waals surface area contributed by atoms with Gasteiger partial charge in [-0.15, -0.1) is 0 Å². The fourth-order valence-corrected chi connectivity index (χ4v) is 2.24. The Hall–Kier alpha value is -0.795. The van der Waals surface area contributed by atoms with Gasteiger partial charge in [0.15, 0.2) is 0 Å². The Morgan fingerprint density at radius 2 is 1.71 bits per heavy atom. The first-order chi connectivity index (χ1) is 6.68. The molecule has 0 radical (unpaired) electrons. The molecule has 0 saturated heterocycles. The lowest BCUT2D eigenvalue weighted by Crippen LogP contribution is -2.27. The average molecular weight is 249 g/mol. The standard InChI is InChI=1S/C11H10BBrO/c1-12(14)10-6-8-4-2-3-5-9(8)7-11(10)13/h2-7,14H,1H3. The van der Waals surface area contributed by atoms with Crippen LogP contribution in [0.5, 0.6) is 0 Å². The molecule has 0 fully saturated rings. The van der Waals surface area contributed by atoms with Crippen molar-refractivity contribution in [3.05, 3.63) is 40.9 Å². The fourth-order valence-electron chi connectivity index (χ4n) is 1.55. The van der Waals surface area contributed by atoms with Crippen LogP contribution in [0.4, 0.5) is 0 Å². The summed E-state index contributed by atoms with van der Waals surface area (Å²) in [4.78, 5) is 0. The van der Waals surface area contributed by atoms with Crippen LogP contribution in [0.3, 0.4) is 0 Å². The second-order valence-electron chi connectivity index (χ2n) is 3.40. The Bertz CT molecular complexity index is 468. The molecule has 1 N–H and O–H groups in total. The third-order valence-corrected chi connectivity index (χ3v) is 3.00. The van der Waals surface area contributed by atoms with Gasteiger partial charge in [0, 0.05) is 4.47 Å². The molecule has 0 heterocycles. The van der Waals surface area contributed by atoms with Crippen molar-refractivity contribution in [2.45, 2.75) is 6.82 Å². The van der Waals surface area contributed by atoms with E-state index in [2.05, 4.69) is 22.0 Å². The van der Waals surface area contributed by atoms with Gasteiger partial charge in [-0.25, -0.2) is 0 Å². The molecule has 0 spiro atoms. The van der Waals surface area contributed by atoms with E-state index in [4.69, 9.17) is 0 Å². The van der Waals surface area contributed by atoms with Gasteiger partial charge >= 0.3 is 6.92 Å². The summed E-state index contributed by atoms with van der Waals surface area (Å²) >= 11 is 3.46. The first-order valence-corrected chi connectivity index (χ1v) is 5.34. The predicted octanol–water partition coefficient (Wildman–Crippen LogP) is 2.42. The van der Waals surface area contributed by atoms with E-state index in [9.17, 15) is 5.02 Å². The van der Waals surface area contributed by atoms with Crippen LogP contribution in [0.1, 0.15) is 0 Å². The van der Waals surface area contributed by atoms with Crippen molar-refractivity contribution < 1.29 is 5.02 Å². The van der Waals surface area contributed by atoms with E-state index in [0.29, 0.717) is 0 Å². The Morgan fingerprint density at radius 1 is 1.14 bits per heavy atom. The van der Waals surface area contributed by atoms with Crippen LogP contribution in [0.15, 0.2) is 40.9 Å². The maximum atomic E-state index is 9.53. The first kappa shape index (κ1) is 9.75. The van der Waals surface area contributed by atoms with E-state index >= 15 is 0 Å². The number of halogens is 1. The van der Waals surface area contributed by atoms with E-state index < -0.39 is 6.92 Å². The Morgan fingerprint density at radius 3 is 2.29 bits per heavy atom. The van der Waals surface area contributed by atoms with Gasteiger partial charge < -0.3 is 5.02 Å². The van der Waals surface area contributed by atoms with Crippen LogP contribution in [0.2, 0.25) is 6.82 Å². The van der Waals surface area contributed by atoms with E-state index in [1.165, 1.54) is 5.39 Å². The number of hydrogen-bond acceptors (Lipinski definition) is 1. The van der Waals surface area contributed by atoms with Crippen molar-refractivity contribution >= 4 is 39.1 Å². The summed E-state index contributed by atoms with van der Waals surface area (Å²) in [5.41, 5.74) is 0.934. The van der Waals surface area contributed by atoms with Crippen LogP contribution in [0.25, 0.3) is 10.8 Å². The molecule has 3 heteroatoms. The Labute approximate surface area is 92.0 Å². The van der Waals surface area contributed by atoms with Crippen molar-refractivity contribution in [2.24, 2.45) is 0 Å². The third kappa shape index (κ3) is 1.70. The van der Waals surface area contributed by atoms with Crippen molar-refractivity contribution in [3.63, 3.8) is 0 Å².